The lowest BCUT2D eigenvalue weighted by atomic mass is 10.1. The van der Waals surface area contributed by atoms with Gasteiger partial charge in [0.2, 0.25) is 0 Å². The maximum atomic E-state index is 13.4. The van der Waals surface area contributed by atoms with Crippen LogP contribution in [0, 0.1) is 0 Å². The molecular weight excluding hydrogens is 434 g/mol. The molecule has 9 heteroatoms. The van der Waals surface area contributed by atoms with E-state index in [4.69, 9.17) is 9.84 Å². The predicted octanol–water partition coefficient (Wildman–Crippen LogP) is 2.67. The molecule has 1 aliphatic carbocycles. The summed E-state index contributed by atoms with van der Waals surface area (Å²) < 4.78 is 12.3. The first-order valence-electron chi connectivity index (χ1n) is 11.8. The molecule has 0 spiro atoms. The highest BCUT2D eigenvalue weighted by Crippen LogP contribution is 2.35. The number of hydrogen-bond donors (Lipinski definition) is 2. The zero-order valence-corrected chi connectivity index (χ0v) is 19.9. The molecule has 34 heavy (non-hydrogen) atoms. The number of amides is 2. The molecule has 0 bridgehead atoms. The molecule has 1 saturated heterocycles. The minimum Gasteiger partial charge on any atom is -0.453 e. The number of nitrogens with one attached hydrogen (secondary N) is 2. The number of morpholine rings is 1. The molecule has 1 aromatic heterocycles. The van der Waals surface area contributed by atoms with E-state index in [0.717, 1.165) is 29.9 Å². The molecule has 2 N–H and O–H groups in total. The van der Waals surface area contributed by atoms with Gasteiger partial charge in [0.05, 0.1) is 36.8 Å². The number of methoxy groups -OCH3 is 1. The smallest absolute Gasteiger partial charge is 0.407 e. The highest BCUT2D eigenvalue weighted by atomic mass is 16.5. The van der Waals surface area contributed by atoms with Gasteiger partial charge in [0.15, 0.2) is 0 Å². The zero-order valence-electron chi connectivity index (χ0n) is 19.9. The molecule has 2 heterocycles. The molecule has 3 atom stereocenters. The third-order valence-corrected chi connectivity index (χ3v) is 6.11. The Bertz CT molecular complexity index is 1010. The second kappa shape index (κ2) is 10.8. The summed E-state index contributed by atoms with van der Waals surface area (Å²) in [4.78, 5) is 26.7. The number of rotatable bonds is 8. The number of benzene rings is 1. The zero-order chi connectivity index (χ0) is 24.1. The van der Waals surface area contributed by atoms with Crippen molar-refractivity contribution < 1.29 is 19.1 Å². The maximum Gasteiger partial charge on any atom is 0.407 e. The van der Waals surface area contributed by atoms with Gasteiger partial charge in [-0.3, -0.25) is 4.79 Å². The molecule has 2 fully saturated rings. The second-order valence-corrected chi connectivity index (χ2v) is 8.80. The van der Waals surface area contributed by atoms with Gasteiger partial charge >= 0.3 is 6.09 Å². The summed E-state index contributed by atoms with van der Waals surface area (Å²) in [6.07, 6.45) is 4.79. The van der Waals surface area contributed by atoms with E-state index in [1.54, 1.807) is 0 Å². The van der Waals surface area contributed by atoms with Crippen LogP contribution in [0.2, 0.25) is 0 Å². The standard InChI is InChI=1S/C25H33N5O4/c1-17-16-34-23(15-27-17)24(31)29(19-11-12-19)18(2)22-14-21(10-7-13-26-25(32)33-3)30(28-22)20-8-5-4-6-9-20/h4-10,14,17-19,23,27H,11-13,15-16H2,1-3H3,(H,26,32)/b10-7+/t17-,18+,23+/m0/s1. The molecule has 182 valence electrons. The van der Waals surface area contributed by atoms with Gasteiger partial charge in [-0.25, -0.2) is 9.48 Å². The van der Waals surface area contributed by atoms with Gasteiger partial charge in [0.1, 0.15) is 6.10 Å². The summed E-state index contributed by atoms with van der Waals surface area (Å²) in [6, 6.07) is 12.1. The molecule has 1 aliphatic heterocycles. The van der Waals surface area contributed by atoms with Crippen LogP contribution in [0.1, 0.15) is 44.1 Å². The summed E-state index contributed by atoms with van der Waals surface area (Å²) >= 11 is 0. The third-order valence-electron chi connectivity index (χ3n) is 6.11. The normalized spacial score (nSPS) is 21.3. The van der Waals surface area contributed by atoms with Crippen molar-refractivity contribution in [3.05, 3.63) is 53.9 Å². The number of carbonyl (C=O) groups excluding carboxylic acids is 2. The molecule has 1 aromatic carbocycles. The van der Waals surface area contributed by atoms with E-state index in [1.807, 2.05) is 72.0 Å². The first-order chi connectivity index (χ1) is 16.5. The Morgan fingerprint density at radius 1 is 1.35 bits per heavy atom. The Hall–Kier alpha value is -3.17. The van der Waals surface area contributed by atoms with Crippen LogP contribution in [0.3, 0.4) is 0 Å². The van der Waals surface area contributed by atoms with Crippen LogP contribution in [-0.4, -0.2) is 71.7 Å². The lowest BCUT2D eigenvalue weighted by Crippen LogP contribution is -2.53. The van der Waals surface area contributed by atoms with Gasteiger partial charge in [-0.15, -0.1) is 0 Å². The van der Waals surface area contributed by atoms with Crippen LogP contribution in [0.5, 0.6) is 0 Å². The molecule has 0 radical (unpaired) electrons. The van der Waals surface area contributed by atoms with Crippen LogP contribution >= 0.6 is 0 Å². The Kier molecular flexibility index (Phi) is 7.64. The van der Waals surface area contributed by atoms with E-state index in [0.29, 0.717) is 19.7 Å². The van der Waals surface area contributed by atoms with Gasteiger partial charge < -0.3 is 25.0 Å². The molecule has 1 saturated carbocycles. The van der Waals surface area contributed by atoms with E-state index < -0.39 is 12.2 Å². The van der Waals surface area contributed by atoms with Crippen LogP contribution in [0.4, 0.5) is 4.79 Å². The van der Waals surface area contributed by atoms with Gasteiger partial charge in [0, 0.05) is 25.2 Å². The van der Waals surface area contributed by atoms with Crippen molar-refractivity contribution in [2.45, 2.75) is 50.9 Å². The largest absolute Gasteiger partial charge is 0.453 e. The highest BCUT2D eigenvalue weighted by molar-refractivity contribution is 5.82. The fourth-order valence-corrected chi connectivity index (χ4v) is 4.10. The minimum atomic E-state index is -0.483. The van der Waals surface area contributed by atoms with E-state index in [2.05, 4.69) is 15.4 Å². The number of nitrogens with zero attached hydrogens (tertiary/aromatic N) is 3. The summed E-state index contributed by atoms with van der Waals surface area (Å²) in [5, 5.41) is 10.9. The molecule has 2 amide bonds. The van der Waals surface area contributed by atoms with Crippen molar-refractivity contribution in [3.8, 4) is 5.69 Å². The molecule has 2 aromatic rings. The average Bonchev–Trinajstić information content (AvgIpc) is 3.60. The van der Waals surface area contributed by atoms with Crippen LogP contribution in [0.15, 0.2) is 42.5 Å². The van der Waals surface area contributed by atoms with E-state index in [9.17, 15) is 9.59 Å². The number of carbonyl (C=O) groups is 2. The highest BCUT2D eigenvalue weighted by Gasteiger charge is 2.41. The number of hydrogen-bond acceptors (Lipinski definition) is 6. The van der Waals surface area contributed by atoms with Crippen molar-refractivity contribution in [1.29, 1.82) is 0 Å². The molecule has 2 aliphatic rings. The molecule has 4 rings (SSSR count). The van der Waals surface area contributed by atoms with Crippen molar-refractivity contribution >= 4 is 18.1 Å². The van der Waals surface area contributed by atoms with Crippen molar-refractivity contribution in [1.82, 2.24) is 25.3 Å². The number of aromatic nitrogens is 2. The Morgan fingerprint density at radius 3 is 2.76 bits per heavy atom. The van der Waals surface area contributed by atoms with E-state index >= 15 is 0 Å². The fraction of sp³-hybridized carbons (Fsp3) is 0.480. The average molecular weight is 468 g/mol. The lowest BCUT2D eigenvalue weighted by molar-refractivity contribution is -0.149. The van der Waals surface area contributed by atoms with Gasteiger partial charge in [-0.1, -0.05) is 24.3 Å². The monoisotopic (exact) mass is 467 g/mol. The Morgan fingerprint density at radius 2 is 2.12 bits per heavy atom. The van der Waals surface area contributed by atoms with Crippen LogP contribution in [0.25, 0.3) is 11.8 Å². The molecular formula is C25H33N5O4. The van der Waals surface area contributed by atoms with Crippen LogP contribution < -0.4 is 10.6 Å². The number of ether oxygens (including phenoxy) is 2. The molecule has 0 unspecified atom stereocenters. The topological polar surface area (TPSA) is 97.7 Å². The summed E-state index contributed by atoms with van der Waals surface area (Å²) in [5.74, 6) is 0.0167. The number of para-hydroxylation sites is 1. The van der Waals surface area contributed by atoms with E-state index in [1.165, 1.54) is 7.11 Å². The van der Waals surface area contributed by atoms with Gasteiger partial charge in [0.25, 0.3) is 5.91 Å². The fourth-order valence-electron chi connectivity index (χ4n) is 4.10. The Labute approximate surface area is 200 Å². The van der Waals surface area contributed by atoms with Crippen LogP contribution in [-0.2, 0) is 14.3 Å². The maximum absolute atomic E-state index is 13.4. The first-order valence-corrected chi connectivity index (χ1v) is 11.8. The number of alkyl carbamates (subject to hydrolysis) is 1. The minimum absolute atomic E-state index is 0.0167. The van der Waals surface area contributed by atoms with Crippen molar-refractivity contribution in [2.75, 3.05) is 26.8 Å². The van der Waals surface area contributed by atoms with E-state index in [-0.39, 0.29) is 24.0 Å². The van der Waals surface area contributed by atoms with Gasteiger partial charge in [-0.05, 0) is 51.0 Å². The first kappa shape index (κ1) is 24.0. The van der Waals surface area contributed by atoms with Crippen molar-refractivity contribution in [3.63, 3.8) is 0 Å². The second-order valence-electron chi connectivity index (χ2n) is 8.80. The summed E-state index contributed by atoms with van der Waals surface area (Å²) in [7, 11) is 1.33. The quantitative estimate of drug-likeness (QED) is 0.620. The summed E-state index contributed by atoms with van der Waals surface area (Å²) in [5.41, 5.74) is 2.58. The summed E-state index contributed by atoms with van der Waals surface area (Å²) in [6.45, 7) is 5.46. The van der Waals surface area contributed by atoms with Gasteiger partial charge in [-0.2, -0.15) is 5.10 Å². The lowest BCUT2D eigenvalue weighted by Gasteiger charge is -2.34. The predicted molar refractivity (Wildman–Crippen MR) is 128 cm³/mol. The SMILES string of the molecule is COC(=O)NC/C=C/c1cc([C@@H](C)N(C(=O)[C@H]2CN[C@@H](C)CO2)C2CC2)nn1-c1ccccc1. The molecule has 9 nitrogen and oxygen atoms in total. The third kappa shape index (κ3) is 5.66. The van der Waals surface area contributed by atoms with Crippen molar-refractivity contribution in [2.24, 2.45) is 0 Å². The Balaban J connectivity index is 1.58.